The first-order valence-electron chi connectivity index (χ1n) is 7.31. The minimum absolute atomic E-state index is 0.519. The lowest BCUT2D eigenvalue weighted by atomic mass is 10.2. The third-order valence-corrected chi connectivity index (χ3v) is 3.95. The molecule has 0 aliphatic carbocycles. The predicted octanol–water partition coefficient (Wildman–Crippen LogP) is 4.45. The number of hydrogen-bond acceptors (Lipinski definition) is 3. The second-order valence-electron chi connectivity index (χ2n) is 5.28. The van der Waals surface area contributed by atoms with Crippen LogP contribution in [0.4, 0.5) is 0 Å². The highest BCUT2D eigenvalue weighted by atomic mass is 32.2. The number of nitrogens with one attached hydrogen (secondary N) is 1. The molecule has 112 valence electrons. The molecule has 1 N–H and O–H groups in total. The zero-order valence-electron chi connectivity index (χ0n) is 12.7. The number of ether oxygens (including phenoxy) is 1. The molecule has 0 saturated carbocycles. The van der Waals surface area contributed by atoms with E-state index < -0.39 is 0 Å². The van der Waals surface area contributed by atoms with Crippen molar-refractivity contribution >= 4 is 11.8 Å². The van der Waals surface area contributed by atoms with Crippen molar-refractivity contribution in [3.8, 4) is 0 Å². The lowest BCUT2D eigenvalue weighted by molar-refractivity contribution is 0.169. The molecule has 0 amide bonds. The molecular weight excluding hydrogens is 278 g/mol. The molecule has 0 radical (unpaired) electrons. The van der Waals surface area contributed by atoms with Crippen molar-refractivity contribution in [2.24, 2.45) is 0 Å². The van der Waals surface area contributed by atoms with Crippen molar-refractivity contribution < 1.29 is 4.74 Å². The van der Waals surface area contributed by atoms with Crippen LogP contribution < -0.4 is 5.32 Å². The van der Waals surface area contributed by atoms with E-state index in [2.05, 4.69) is 55.6 Å². The molecule has 0 aliphatic rings. The summed E-state index contributed by atoms with van der Waals surface area (Å²) in [6.45, 7) is 5.92. The molecule has 3 heteroatoms. The smallest absolute Gasteiger partial charge is 0.0971 e. The molecule has 2 nitrogen and oxygen atoms in total. The van der Waals surface area contributed by atoms with Gasteiger partial charge in [0.05, 0.1) is 12.5 Å². The number of thioether (sulfide) groups is 1. The van der Waals surface area contributed by atoms with Crippen LogP contribution in [0, 0.1) is 0 Å². The van der Waals surface area contributed by atoms with Gasteiger partial charge in [-0.2, -0.15) is 0 Å². The molecular formula is C18H23NOS. The molecule has 2 rings (SSSR count). The van der Waals surface area contributed by atoms with Crippen LogP contribution in [0.2, 0.25) is 0 Å². The highest BCUT2D eigenvalue weighted by molar-refractivity contribution is 7.99. The average Bonchev–Trinajstić information content (AvgIpc) is 2.52. The third-order valence-electron chi connectivity index (χ3n) is 3.06. The summed E-state index contributed by atoms with van der Waals surface area (Å²) in [5.74, 6) is 0.679. The van der Waals surface area contributed by atoms with Gasteiger partial charge in [-0.05, 0) is 23.3 Å². The average molecular weight is 301 g/mol. The largest absolute Gasteiger partial charge is 0.366 e. The van der Waals surface area contributed by atoms with E-state index in [1.165, 1.54) is 16.0 Å². The monoisotopic (exact) mass is 301 g/mol. The molecule has 0 saturated heterocycles. The fourth-order valence-electron chi connectivity index (χ4n) is 1.87. The van der Waals surface area contributed by atoms with Crippen molar-refractivity contribution in [3.05, 3.63) is 65.7 Å². The number of benzene rings is 2. The summed E-state index contributed by atoms with van der Waals surface area (Å²) < 4.78 is 5.68. The van der Waals surface area contributed by atoms with Gasteiger partial charge >= 0.3 is 0 Å². The lowest BCUT2D eigenvalue weighted by Gasteiger charge is -2.09. The van der Waals surface area contributed by atoms with Gasteiger partial charge in [0.1, 0.15) is 0 Å². The van der Waals surface area contributed by atoms with E-state index in [1.54, 1.807) is 11.8 Å². The predicted molar refractivity (Wildman–Crippen MR) is 90.4 cm³/mol. The van der Waals surface area contributed by atoms with Crippen LogP contribution in [0.3, 0.4) is 0 Å². The Morgan fingerprint density at radius 2 is 1.67 bits per heavy atom. The number of hydrogen-bond donors (Lipinski definition) is 1. The Hall–Kier alpha value is -1.29. The lowest BCUT2D eigenvalue weighted by Crippen LogP contribution is -2.21. The minimum Gasteiger partial charge on any atom is -0.366 e. The van der Waals surface area contributed by atoms with Gasteiger partial charge in [0, 0.05) is 17.5 Å². The van der Waals surface area contributed by atoms with Gasteiger partial charge in [-0.1, -0.05) is 68.1 Å². The zero-order valence-corrected chi connectivity index (χ0v) is 13.5. The van der Waals surface area contributed by atoms with Crippen LogP contribution in [-0.2, 0) is 17.9 Å². The minimum atomic E-state index is 0.519. The molecule has 0 bridgehead atoms. The normalized spacial score (nSPS) is 11.0. The summed E-state index contributed by atoms with van der Waals surface area (Å²) in [5.41, 5.74) is 2.53. The van der Waals surface area contributed by atoms with E-state index >= 15 is 0 Å². The summed E-state index contributed by atoms with van der Waals surface area (Å²) in [6.07, 6.45) is 0. The SMILES string of the molecule is CC(C)NCc1ccc(SCOCc2ccccc2)cc1. The summed E-state index contributed by atoms with van der Waals surface area (Å²) >= 11 is 1.73. The second kappa shape index (κ2) is 8.88. The molecule has 0 atom stereocenters. The molecule has 0 fully saturated rings. The highest BCUT2D eigenvalue weighted by Gasteiger charge is 1.98. The molecule has 0 spiro atoms. The fraction of sp³-hybridized carbons (Fsp3) is 0.333. The van der Waals surface area contributed by atoms with Gasteiger partial charge < -0.3 is 10.1 Å². The maximum atomic E-state index is 5.68. The molecule has 2 aromatic rings. The topological polar surface area (TPSA) is 21.3 Å². The first-order chi connectivity index (χ1) is 10.2. The Balaban J connectivity index is 1.69. The molecule has 2 aromatic carbocycles. The Morgan fingerprint density at radius 1 is 0.952 bits per heavy atom. The molecule has 0 aliphatic heterocycles. The van der Waals surface area contributed by atoms with Crippen molar-refractivity contribution in [1.29, 1.82) is 0 Å². The molecule has 21 heavy (non-hydrogen) atoms. The van der Waals surface area contributed by atoms with Crippen LogP contribution in [0.25, 0.3) is 0 Å². The number of rotatable bonds is 8. The Kier molecular flexibility index (Phi) is 6.80. The van der Waals surface area contributed by atoms with Crippen LogP contribution in [0.1, 0.15) is 25.0 Å². The van der Waals surface area contributed by atoms with Gasteiger partial charge in [0.2, 0.25) is 0 Å². The highest BCUT2D eigenvalue weighted by Crippen LogP contribution is 2.19. The Labute approximate surface area is 131 Å². The quantitative estimate of drug-likeness (QED) is 0.442. The van der Waals surface area contributed by atoms with Crippen molar-refractivity contribution in [3.63, 3.8) is 0 Å². The van der Waals surface area contributed by atoms with Crippen LogP contribution in [0.15, 0.2) is 59.5 Å². The van der Waals surface area contributed by atoms with E-state index in [9.17, 15) is 0 Å². The molecule has 0 unspecified atom stereocenters. The second-order valence-corrected chi connectivity index (χ2v) is 6.27. The van der Waals surface area contributed by atoms with Crippen LogP contribution in [-0.4, -0.2) is 12.0 Å². The van der Waals surface area contributed by atoms with Gasteiger partial charge in [-0.15, -0.1) is 0 Å². The first kappa shape index (κ1) is 16.1. The third kappa shape index (κ3) is 6.34. The summed E-state index contributed by atoms with van der Waals surface area (Å²) in [5, 5.41) is 3.42. The standard InChI is InChI=1S/C18H23NOS/c1-15(2)19-12-16-8-10-18(11-9-16)21-14-20-13-17-6-4-3-5-7-17/h3-11,15,19H,12-14H2,1-2H3. The van der Waals surface area contributed by atoms with E-state index in [4.69, 9.17) is 4.74 Å². The maximum absolute atomic E-state index is 5.68. The Morgan fingerprint density at radius 3 is 2.33 bits per heavy atom. The van der Waals surface area contributed by atoms with Crippen molar-refractivity contribution in [2.75, 3.05) is 5.94 Å². The van der Waals surface area contributed by atoms with E-state index in [0.29, 0.717) is 18.6 Å². The first-order valence-corrected chi connectivity index (χ1v) is 8.29. The van der Waals surface area contributed by atoms with Gasteiger partial charge in [0.25, 0.3) is 0 Å². The molecule has 0 heterocycles. The van der Waals surface area contributed by atoms with Crippen molar-refractivity contribution in [1.82, 2.24) is 5.32 Å². The van der Waals surface area contributed by atoms with E-state index in [1.807, 2.05) is 18.2 Å². The van der Waals surface area contributed by atoms with Gasteiger partial charge in [-0.3, -0.25) is 0 Å². The van der Waals surface area contributed by atoms with Gasteiger partial charge in [-0.25, -0.2) is 0 Å². The van der Waals surface area contributed by atoms with E-state index in [0.717, 1.165) is 6.54 Å². The van der Waals surface area contributed by atoms with Crippen molar-refractivity contribution in [2.45, 2.75) is 37.9 Å². The molecule has 0 aromatic heterocycles. The van der Waals surface area contributed by atoms with Crippen LogP contribution in [0.5, 0.6) is 0 Å². The summed E-state index contributed by atoms with van der Waals surface area (Å²) in [6, 6.07) is 19.5. The van der Waals surface area contributed by atoms with Gasteiger partial charge in [0.15, 0.2) is 0 Å². The zero-order chi connectivity index (χ0) is 14.9. The van der Waals surface area contributed by atoms with Crippen LogP contribution >= 0.6 is 11.8 Å². The summed E-state index contributed by atoms with van der Waals surface area (Å²) in [7, 11) is 0. The Bertz CT molecular complexity index is 511. The fourth-order valence-corrected chi connectivity index (χ4v) is 2.50. The van der Waals surface area contributed by atoms with E-state index in [-0.39, 0.29) is 0 Å². The maximum Gasteiger partial charge on any atom is 0.0971 e. The summed E-state index contributed by atoms with van der Waals surface area (Å²) in [4.78, 5) is 1.25.